The summed E-state index contributed by atoms with van der Waals surface area (Å²) in [6, 6.07) is 6.90. The highest BCUT2D eigenvalue weighted by atomic mass is 35.5. The second kappa shape index (κ2) is 8.08. The quantitative estimate of drug-likeness (QED) is 0.797. The Labute approximate surface area is 176 Å². The number of hydrogen-bond donors (Lipinski definition) is 1. The lowest BCUT2D eigenvalue weighted by atomic mass is 10.2. The van der Waals surface area contributed by atoms with E-state index in [0.717, 1.165) is 4.90 Å². The zero-order valence-electron chi connectivity index (χ0n) is 15.7. The third-order valence-corrected chi connectivity index (χ3v) is 6.39. The Hall–Kier alpha value is -2.52. The number of benzene rings is 1. The van der Waals surface area contributed by atoms with Crippen LogP contribution in [0.25, 0.3) is 0 Å². The van der Waals surface area contributed by atoms with Gasteiger partial charge in [-0.1, -0.05) is 16.8 Å². The Morgan fingerprint density at radius 2 is 1.97 bits per heavy atom. The van der Waals surface area contributed by atoms with Crippen LogP contribution < -0.4 is 5.32 Å². The van der Waals surface area contributed by atoms with E-state index in [1.807, 2.05) is 6.07 Å². The molecule has 1 saturated heterocycles. The van der Waals surface area contributed by atoms with Crippen LogP contribution in [-0.2, 0) is 9.59 Å². The summed E-state index contributed by atoms with van der Waals surface area (Å²) in [6.07, 6.45) is 0.105. The van der Waals surface area contributed by atoms with E-state index < -0.39 is 5.25 Å². The number of aromatic nitrogens is 1. The van der Waals surface area contributed by atoms with Crippen LogP contribution in [0, 0.1) is 6.92 Å². The van der Waals surface area contributed by atoms with Crippen molar-refractivity contribution in [2.45, 2.75) is 23.5 Å². The number of carbonyl (C=O) groups excluding carboxylic acids is 3. The van der Waals surface area contributed by atoms with Gasteiger partial charge in [-0.3, -0.25) is 14.4 Å². The first kappa shape index (κ1) is 19.8. The number of piperazine rings is 1. The van der Waals surface area contributed by atoms with Crippen LogP contribution in [0.2, 0.25) is 5.02 Å². The molecule has 1 fully saturated rings. The summed E-state index contributed by atoms with van der Waals surface area (Å²) in [6.45, 7) is 3.42. The van der Waals surface area contributed by atoms with Crippen LogP contribution in [0.1, 0.15) is 22.7 Å². The number of aryl methyl sites for hydroxylation is 1. The molecule has 1 aromatic heterocycles. The predicted molar refractivity (Wildman–Crippen MR) is 108 cm³/mol. The van der Waals surface area contributed by atoms with Crippen molar-refractivity contribution >= 4 is 46.8 Å². The van der Waals surface area contributed by atoms with E-state index in [1.54, 1.807) is 34.9 Å². The lowest BCUT2D eigenvalue weighted by Crippen LogP contribution is -2.51. The summed E-state index contributed by atoms with van der Waals surface area (Å²) in [5.74, 6) is -0.322. The van der Waals surface area contributed by atoms with Crippen molar-refractivity contribution in [1.29, 1.82) is 0 Å². The van der Waals surface area contributed by atoms with Crippen LogP contribution in [0.3, 0.4) is 0 Å². The first-order chi connectivity index (χ1) is 13.9. The van der Waals surface area contributed by atoms with Crippen molar-refractivity contribution in [3.8, 4) is 0 Å². The highest BCUT2D eigenvalue weighted by molar-refractivity contribution is 8.01. The Kier molecular flexibility index (Phi) is 5.51. The molecule has 1 aromatic carbocycles. The molecule has 0 aliphatic carbocycles. The van der Waals surface area contributed by atoms with Crippen LogP contribution in [0.5, 0.6) is 0 Å². The molecule has 0 bridgehead atoms. The van der Waals surface area contributed by atoms with Crippen LogP contribution in [0.15, 0.2) is 33.7 Å². The molecule has 8 nitrogen and oxygen atoms in total. The highest BCUT2D eigenvalue weighted by Gasteiger charge is 2.32. The fraction of sp³-hybridized carbons (Fsp3) is 0.368. The Morgan fingerprint density at radius 3 is 2.66 bits per heavy atom. The van der Waals surface area contributed by atoms with E-state index in [-0.39, 0.29) is 29.9 Å². The van der Waals surface area contributed by atoms with Gasteiger partial charge >= 0.3 is 0 Å². The van der Waals surface area contributed by atoms with E-state index >= 15 is 0 Å². The van der Waals surface area contributed by atoms with Gasteiger partial charge in [0, 0.05) is 48.6 Å². The van der Waals surface area contributed by atoms with E-state index in [2.05, 4.69) is 10.5 Å². The molecule has 4 rings (SSSR count). The molecule has 3 heterocycles. The van der Waals surface area contributed by atoms with Gasteiger partial charge in [-0.2, -0.15) is 0 Å². The lowest BCUT2D eigenvalue weighted by Gasteiger charge is -2.35. The summed E-state index contributed by atoms with van der Waals surface area (Å²) >= 11 is 7.33. The van der Waals surface area contributed by atoms with Gasteiger partial charge in [0.15, 0.2) is 0 Å². The number of halogens is 1. The van der Waals surface area contributed by atoms with Crippen LogP contribution >= 0.6 is 23.4 Å². The average Bonchev–Trinajstić information content (AvgIpc) is 3.14. The Morgan fingerprint density at radius 1 is 1.24 bits per heavy atom. The number of rotatable bonds is 3. The summed E-state index contributed by atoms with van der Waals surface area (Å²) < 4.78 is 5.02. The SMILES string of the molecule is Cc1cc(C(=O)N2CCN(C(=O)CC3Sc4ccc(Cl)cc4NC3=O)CC2)on1. The number of thioether (sulfide) groups is 1. The van der Waals surface area contributed by atoms with Crippen molar-refractivity contribution in [3.63, 3.8) is 0 Å². The first-order valence-electron chi connectivity index (χ1n) is 9.18. The molecule has 1 unspecified atom stereocenters. The van der Waals surface area contributed by atoms with Gasteiger partial charge in [-0.25, -0.2) is 0 Å². The van der Waals surface area contributed by atoms with Crippen molar-refractivity contribution in [2.75, 3.05) is 31.5 Å². The maximum absolute atomic E-state index is 12.7. The van der Waals surface area contributed by atoms with E-state index in [0.29, 0.717) is 42.6 Å². The lowest BCUT2D eigenvalue weighted by molar-refractivity contribution is -0.134. The maximum Gasteiger partial charge on any atom is 0.292 e. The van der Waals surface area contributed by atoms with Gasteiger partial charge in [0.2, 0.25) is 17.6 Å². The number of carbonyl (C=O) groups is 3. The van der Waals surface area contributed by atoms with Crippen molar-refractivity contribution in [2.24, 2.45) is 0 Å². The molecule has 0 saturated carbocycles. The van der Waals surface area contributed by atoms with Crippen molar-refractivity contribution < 1.29 is 18.9 Å². The normalized spacial score (nSPS) is 19.0. The molecular weight excluding hydrogens is 416 g/mol. The number of hydrogen-bond acceptors (Lipinski definition) is 6. The van der Waals surface area contributed by atoms with Crippen molar-refractivity contribution in [3.05, 3.63) is 40.7 Å². The molecule has 0 spiro atoms. The van der Waals surface area contributed by atoms with Crippen LogP contribution in [-0.4, -0.2) is 64.1 Å². The molecule has 2 aliphatic heterocycles. The molecule has 2 aromatic rings. The molecular formula is C19H19ClN4O4S. The fourth-order valence-corrected chi connectivity index (χ4v) is 4.58. The summed E-state index contributed by atoms with van der Waals surface area (Å²) in [7, 11) is 0. The second-order valence-corrected chi connectivity index (χ2v) is 8.63. The minimum atomic E-state index is -0.493. The number of fused-ring (bicyclic) bond motifs is 1. The van der Waals surface area contributed by atoms with Gasteiger partial charge < -0.3 is 19.6 Å². The molecule has 3 amide bonds. The molecule has 10 heteroatoms. The van der Waals surface area contributed by atoms with Crippen molar-refractivity contribution in [1.82, 2.24) is 15.0 Å². The molecule has 0 radical (unpaired) electrons. The number of nitrogens with one attached hydrogen (secondary N) is 1. The largest absolute Gasteiger partial charge is 0.351 e. The third kappa shape index (κ3) is 4.25. The van der Waals surface area contributed by atoms with Crippen LogP contribution in [0.4, 0.5) is 5.69 Å². The van der Waals surface area contributed by atoms with Gasteiger partial charge in [0.25, 0.3) is 5.91 Å². The maximum atomic E-state index is 12.7. The molecule has 29 heavy (non-hydrogen) atoms. The van der Waals surface area contributed by atoms with E-state index in [4.69, 9.17) is 16.1 Å². The fourth-order valence-electron chi connectivity index (χ4n) is 3.32. The average molecular weight is 435 g/mol. The number of nitrogens with zero attached hydrogens (tertiary/aromatic N) is 3. The zero-order chi connectivity index (χ0) is 20.5. The molecule has 1 N–H and O–H groups in total. The highest BCUT2D eigenvalue weighted by Crippen LogP contribution is 2.38. The Bertz CT molecular complexity index is 971. The minimum absolute atomic E-state index is 0.0994. The van der Waals surface area contributed by atoms with E-state index in [1.165, 1.54) is 11.8 Å². The zero-order valence-corrected chi connectivity index (χ0v) is 17.3. The van der Waals surface area contributed by atoms with Gasteiger partial charge in [-0.15, -0.1) is 11.8 Å². The number of anilines is 1. The molecule has 152 valence electrons. The smallest absolute Gasteiger partial charge is 0.292 e. The first-order valence-corrected chi connectivity index (χ1v) is 10.4. The Balaban J connectivity index is 1.32. The van der Waals surface area contributed by atoms with Gasteiger partial charge in [0.05, 0.1) is 16.6 Å². The standard InChI is InChI=1S/C19H19ClN4O4S/c1-11-8-14(28-22-11)19(27)24-6-4-23(5-7-24)17(25)10-16-18(26)21-13-9-12(20)2-3-15(13)29-16/h2-3,8-9,16H,4-7,10H2,1H3,(H,21,26). The van der Waals surface area contributed by atoms with Gasteiger partial charge in [0.1, 0.15) is 0 Å². The van der Waals surface area contributed by atoms with E-state index in [9.17, 15) is 14.4 Å². The summed E-state index contributed by atoms with van der Waals surface area (Å²) in [5.41, 5.74) is 1.32. The summed E-state index contributed by atoms with van der Waals surface area (Å²) in [5, 5.41) is 6.61. The monoisotopic (exact) mass is 434 g/mol. The predicted octanol–water partition coefficient (Wildman–Crippen LogP) is 2.42. The summed E-state index contributed by atoms with van der Waals surface area (Å²) in [4.78, 5) is 41.7. The minimum Gasteiger partial charge on any atom is -0.351 e. The second-order valence-electron chi connectivity index (χ2n) is 6.95. The topological polar surface area (TPSA) is 95.8 Å². The molecule has 2 aliphatic rings. The van der Waals surface area contributed by atoms with Gasteiger partial charge in [-0.05, 0) is 25.1 Å². The number of amides is 3. The third-order valence-electron chi connectivity index (χ3n) is 4.88. The molecule has 1 atom stereocenters.